The summed E-state index contributed by atoms with van der Waals surface area (Å²) >= 11 is 0. The summed E-state index contributed by atoms with van der Waals surface area (Å²) in [6, 6.07) is 5.52. The van der Waals surface area contributed by atoms with Crippen molar-refractivity contribution in [3.63, 3.8) is 0 Å². The van der Waals surface area contributed by atoms with Gasteiger partial charge in [0.1, 0.15) is 5.65 Å². The summed E-state index contributed by atoms with van der Waals surface area (Å²) in [4.78, 5) is 14.4. The van der Waals surface area contributed by atoms with Gasteiger partial charge in [0, 0.05) is 17.8 Å². The summed E-state index contributed by atoms with van der Waals surface area (Å²) in [6.07, 6.45) is 3.32. The van der Waals surface area contributed by atoms with Crippen molar-refractivity contribution in [2.45, 2.75) is 6.54 Å². The van der Waals surface area contributed by atoms with E-state index in [4.69, 9.17) is 0 Å². The molecule has 5 heteroatoms. The quantitative estimate of drug-likeness (QED) is 0.459. The van der Waals surface area contributed by atoms with Gasteiger partial charge in [-0.3, -0.25) is 0 Å². The summed E-state index contributed by atoms with van der Waals surface area (Å²) in [5.74, 6) is -1.11. The Labute approximate surface area is 92.7 Å². The maximum absolute atomic E-state index is 10.4. The number of hydrogen-bond acceptors (Lipinski definition) is 3. The molecule has 14 heavy (non-hydrogen) atoms. The number of carboxylic acid groups (broad SMARTS) is 1. The van der Waals surface area contributed by atoms with E-state index in [1.807, 2.05) is 18.2 Å². The van der Waals surface area contributed by atoms with Crippen molar-refractivity contribution in [1.82, 2.24) is 9.55 Å². The Bertz CT molecular complexity index is 453. The van der Waals surface area contributed by atoms with Gasteiger partial charge in [-0.1, -0.05) is 0 Å². The summed E-state index contributed by atoms with van der Waals surface area (Å²) < 4.78 is 1.55. The maximum atomic E-state index is 10.4. The van der Waals surface area contributed by atoms with E-state index in [1.54, 1.807) is 17.0 Å². The van der Waals surface area contributed by atoms with E-state index in [-0.39, 0.29) is 25.4 Å². The number of aliphatic carboxylic acids is 1. The van der Waals surface area contributed by atoms with E-state index < -0.39 is 5.97 Å². The number of rotatable bonds is 2. The number of fused-ring (bicyclic) bond motifs is 1. The number of aromatic nitrogens is 2. The van der Waals surface area contributed by atoms with Crippen LogP contribution < -0.4 is 24.0 Å². The molecule has 0 fully saturated rings. The number of carboxylic acids is 1. The molecule has 0 N–H and O–H groups in total. The van der Waals surface area contributed by atoms with Crippen molar-refractivity contribution in [2.24, 2.45) is 0 Å². The molecule has 2 aromatic heterocycles. The van der Waals surface area contributed by atoms with Crippen LogP contribution in [0.2, 0.25) is 0 Å². The van der Waals surface area contributed by atoms with Gasteiger partial charge in [0.2, 0.25) is 0 Å². The average Bonchev–Trinajstić information content (AvgIpc) is 2.48. The SMILES string of the molecule is O=C([O-])Cn1ccc2cccnc21.[Li+]. The van der Waals surface area contributed by atoms with E-state index in [0.717, 1.165) is 5.39 Å². The summed E-state index contributed by atoms with van der Waals surface area (Å²) in [7, 11) is 0. The minimum atomic E-state index is -1.11. The van der Waals surface area contributed by atoms with Crippen LogP contribution in [0, 0.1) is 0 Å². The second-order valence-corrected chi connectivity index (χ2v) is 2.73. The Hall–Kier alpha value is -1.24. The van der Waals surface area contributed by atoms with Gasteiger partial charge in [0.15, 0.2) is 0 Å². The third-order valence-electron chi connectivity index (χ3n) is 1.82. The van der Waals surface area contributed by atoms with E-state index in [2.05, 4.69) is 4.98 Å². The number of nitrogens with zero attached hydrogens (tertiary/aromatic N) is 2. The van der Waals surface area contributed by atoms with E-state index in [0.29, 0.717) is 5.65 Å². The van der Waals surface area contributed by atoms with Crippen molar-refractivity contribution in [2.75, 3.05) is 0 Å². The third kappa shape index (κ3) is 1.98. The van der Waals surface area contributed by atoms with Gasteiger partial charge in [-0.05, 0) is 18.2 Å². The predicted octanol–water partition coefficient (Wildman–Crippen LogP) is -3.21. The molecular weight excluding hydrogens is 175 g/mol. The fraction of sp³-hybridized carbons (Fsp3) is 0.111. The van der Waals surface area contributed by atoms with Crippen LogP contribution in [0.25, 0.3) is 11.0 Å². The van der Waals surface area contributed by atoms with Crippen LogP contribution in [0.15, 0.2) is 30.6 Å². The number of hydrogen-bond donors (Lipinski definition) is 0. The monoisotopic (exact) mass is 182 g/mol. The van der Waals surface area contributed by atoms with Crippen molar-refractivity contribution in [3.05, 3.63) is 30.6 Å². The third-order valence-corrected chi connectivity index (χ3v) is 1.82. The molecule has 2 aromatic rings. The molecule has 0 aliphatic rings. The molecule has 0 radical (unpaired) electrons. The van der Waals surface area contributed by atoms with Gasteiger partial charge >= 0.3 is 18.9 Å². The molecule has 0 unspecified atom stereocenters. The molecular formula is C9H7LiN2O2. The molecule has 2 heterocycles. The van der Waals surface area contributed by atoms with Crippen LogP contribution in [-0.2, 0) is 11.3 Å². The Morgan fingerprint density at radius 3 is 3.00 bits per heavy atom. The average molecular weight is 182 g/mol. The van der Waals surface area contributed by atoms with Crippen molar-refractivity contribution in [3.8, 4) is 0 Å². The molecule has 0 aliphatic carbocycles. The normalized spacial score (nSPS) is 9.71. The fourth-order valence-corrected chi connectivity index (χ4v) is 1.29. The van der Waals surface area contributed by atoms with E-state index in [9.17, 15) is 9.90 Å². The van der Waals surface area contributed by atoms with Crippen molar-refractivity contribution < 1.29 is 28.8 Å². The summed E-state index contributed by atoms with van der Waals surface area (Å²) in [5.41, 5.74) is 0.673. The molecule has 0 aliphatic heterocycles. The molecule has 66 valence electrons. The second-order valence-electron chi connectivity index (χ2n) is 2.73. The Balaban J connectivity index is 0.000000980. The van der Waals surface area contributed by atoms with Crippen LogP contribution in [-0.4, -0.2) is 15.5 Å². The van der Waals surface area contributed by atoms with Gasteiger partial charge in [0.05, 0.1) is 12.5 Å². The Morgan fingerprint density at radius 2 is 2.29 bits per heavy atom. The smallest absolute Gasteiger partial charge is 0.548 e. The minimum Gasteiger partial charge on any atom is -0.548 e. The van der Waals surface area contributed by atoms with Gasteiger partial charge in [-0.15, -0.1) is 0 Å². The first-order chi connectivity index (χ1) is 6.27. The first-order valence-corrected chi connectivity index (χ1v) is 3.87. The topological polar surface area (TPSA) is 57.9 Å². The molecule has 0 atom stereocenters. The zero-order valence-corrected chi connectivity index (χ0v) is 7.80. The molecule has 4 nitrogen and oxygen atoms in total. The zero-order chi connectivity index (χ0) is 9.26. The number of pyridine rings is 1. The summed E-state index contributed by atoms with van der Waals surface area (Å²) in [6.45, 7) is -0.152. The van der Waals surface area contributed by atoms with Crippen LogP contribution in [0.3, 0.4) is 0 Å². The number of carbonyl (C=O) groups is 1. The molecule has 0 aromatic carbocycles. The second kappa shape index (κ2) is 4.31. The minimum absolute atomic E-state index is 0. The largest absolute Gasteiger partial charge is 1.00 e. The van der Waals surface area contributed by atoms with E-state index in [1.165, 1.54) is 0 Å². The molecule has 0 amide bonds. The number of carbonyl (C=O) groups excluding carboxylic acids is 1. The molecule has 0 bridgehead atoms. The Kier molecular flexibility index (Phi) is 3.34. The predicted molar refractivity (Wildman–Crippen MR) is 44.7 cm³/mol. The van der Waals surface area contributed by atoms with Crippen molar-refractivity contribution >= 4 is 17.0 Å². The fourth-order valence-electron chi connectivity index (χ4n) is 1.29. The van der Waals surface area contributed by atoms with Gasteiger partial charge in [-0.25, -0.2) is 4.98 Å². The van der Waals surface area contributed by atoms with Crippen molar-refractivity contribution in [1.29, 1.82) is 0 Å². The maximum Gasteiger partial charge on any atom is 1.00 e. The van der Waals surface area contributed by atoms with Crippen LogP contribution in [0.1, 0.15) is 0 Å². The van der Waals surface area contributed by atoms with E-state index >= 15 is 0 Å². The van der Waals surface area contributed by atoms with Gasteiger partial charge < -0.3 is 14.5 Å². The Morgan fingerprint density at radius 1 is 1.50 bits per heavy atom. The zero-order valence-electron chi connectivity index (χ0n) is 7.80. The van der Waals surface area contributed by atoms with Crippen LogP contribution in [0.4, 0.5) is 0 Å². The molecule has 0 spiro atoms. The molecule has 2 rings (SSSR count). The van der Waals surface area contributed by atoms with Crippen LogP contribution >= 0.6 is 0 Å². The summed E-state index contributed by atoms with van der Waals surface area (Å²) in [5, 5.41) is 11.3. The van der Waals surface area contributed by atoms with Gasteiger partial charge in [-0.2, -0.15) is 0 Å². The first kappa shape index (κ1) is 10.8. The molecule has 0 saturated carbocycles. The van der Waals surface area contributed by atoms with Crippen LogP contribution in [0.5, 0.6) is 0 Å². The first-order valence-electron chi connectivity index (χ1n) is 3.87. The standard InChI is InChI=1S/C9H8N2O2.Li/c12-8(13)6-11-5-3-7-2-1-4-10-9(7)11;/h1-5H,6H2,(H,12,13);/q;+1/p-1. The molecule has 0 saturated heterocycles. The van der Waals surface area contributed by atoms with Gasteiger partial charge in [0.25, 0.3) is 0 Å².